The number of aliphatic hydroxyl groups excluding tert-OH is 1. The van der Waals surface area contributed by atoms with Crippen LogP contribution in [0.15, 0.2) is 59.3 Å². The van der Waals surface area contributed by atoms with Crippen LogP contribution in [0, 0.1) is 0 Å². The van der Waals surface area contributed by atoms with E-state index in [1.165, 1.54) is 17.0 Å². The van der Waals surface area contributed by atoms with Crippen LogP contribution in [-0.4, -0.2) is 64.6 Å². The quantitative estimate of drug-likeness (QED) is 0.218. The second kappa shape index (κ2) is 12.7. The Morgan fingerprint density at radius 2 is 1.66 bits per heavy atom. The largest absolute Gasteiger partial charge is 0.464 e. The van der Waals surface area contributed by atoms with Gasteiger partial charge in [0.25, 0.3) is 0 Å². The number of hydrogen-bond donors (Lipinski definition) is 1. The Balaban J connectivity index is 1.68. The van der Waals surface area contributed by atoms with Crippen LogP contribution in [0.3, 0.4) is 0 Å². The van der Waals surface area contributed by atoms with Crippen molar-refractivity contribution in [1.29, 1.82) is 0 Å². The maximum absolute atomic E-state index is 12.6. The zero-order valence-electron chi connectivity index (χ0n) is 27.1. The smallest absolute Gasteiger partial charge is 0.303 e. The van der Waals surface area contributed by atoms with Gasteiger partial charge in [-0.05, 0) is 35.9 Å². The summed E-state index contributed by atoms with van der Waals surface area (Å²) in [5, 5.41) is 13.0. The van der Waals surface area contributed by atoms with E-state index in [1.807, 2.05) is 0 Å². The molecule has 3 heterocycles. The van der Waals surface area contributed by atoms with Crippen LogP contribution in [0.25, 0.3) is 21.9 Å². The zero-order valence-corrected chi connectivity index (χ0v) is 23.8. The van der Waals surface area contributed by atoms with E-state index in [0.29, 0.717) is 27.6 Å². The van der Waals surface area contributed by atoms with Crippen molar-refractivity contribution in [2.75, 3.05) is 6.61 Å². The van der Waals surface area contributed by atoms with Crippen molar-refractivity contribution in [3.63, 3.8) is 0 Å². The fraction of sp³-hybridized carbons (Fsp3) is 0.355. The summed E-state index contributed by atoms with van der Waals surface area (Å²) in [5.41, 5.74) is 1.74. The highest BCUT2D eigenvalue weighted by molar-refractivity contribution is 6.35. The van der Waals surface area contributed by atoms with Gasteiger partial charge in [0.1, 0.15) is 24.4 Å². The molecule has 2 aromatic carbocycles. The molecular weight excluding hydrogens is 598 g/mol. The van der Waals surface area contributed by atoms with Crippen LogP contribution in [0.4, 0.5) is 0 Å². The van der Waals surface area contributed by atoms with Gasteiger partial charge in [-0.15, -0.1) is 0 Å². The summed E-state index contributed by atoms with van der Waals surface area (Å²) in [6.45, 7) is -3.97. The van der Waals surface area contributed by atoms with Crippen LogP contribution in [0.2, 0.25) is 5.02 Å². The molecule has 0 saturated carbocycles. The van der Waals surface area contributed by atoms with Crippen molar-refractivity contribution in [3.05, 3.63) is 71.1 Å². The fourth-order valence-electron chi connectivity index (χ4n) is 5.34. The van der Waals surface area contributed by atoms with Crippen molar-refractivity contribution in [2.24, 2.45) is 0 Å². The molecule has 1 aliphatic rings. The molecule has 44 heavy (non-hydrogen) atoms. The Morgan fingerprint density at radius 1 is 0.955 bits per heavy atom. The SMILES string of the molecule is [2H]CC(=O)OC[C@H]1OC(n2cc(C(O)c3ccc4occc4c3)c3c(Cl)cccc32)[C@H](OC(=O)C[2H])[C@@H](OC(=O)C[2H])[C@@H]1OC(=O)C[2H]. The summed E-state index contributed by atoms with van der Waals surface area (Å²) in [5.74, 6) is -4.23. The summed E-state index contributed by atoms with van der Waals surface area (Å²) in [4.78, 5) is 49.5. The Labute approximate surface area is 261 Å². The molecule has 6 atom stereocenters. The van der Waals surface area contributed by atoms with Crippen molar-refractivity contribution >= 4 is 57.4 Å². The number of hydrogen-bond acceptors (Lipinski definition) is 11. The van der Waals surface area contributed by atoms with E-state index in [0.717, 1.165) is 5.39 Å². The first kappa shape index (κ1) is 26.1. The normalized spacial score (nSPS) is 23.5. The number of carbonyl (C=O) groups is 4. The molecule has 1 saturated heterocycles. The number of aliphatic hydroxyl groups is 1. The summed E-state index contributed by atoms with van der Waals surface area (Å²) in [6.07, 6.45) is -6.13. The maximum Gasteiger partial charge on any atom is 0.303 e. The predicted octanol–water partition coefficient (Wildman–Crippen LogP) is 4.38. The van der Waals surface area contributed by atoms with Gasteiger partial charge in [-0.2, -0.15) is 0 Å². The Kier molecular flexibility index (Phi) is 7.51. The lowest BCUT2D eigenvalue weighted by Gasteiger charge is -2.44. The maximum atomic E-state index is 12.6. The van der Waals surface area contributed by atoms with Crippen LogP contribution < -0.4 is 0 Å². The van der Waals surface area contributed by atoms with Gasteiger partial charge in [0.15, 0.2) is 24.5 Å². The Morgan fingerprint density at radius 3 is 2.39 bits per heavy atom. The molecule has 1 aliphatic heterocycles. The standard InChI is InChI=1S/C31H30ClNO11/c1-15(34)40-14-25-28(41-16(2)35)29(42-17(3)36)30(43-18(4)37)31(44-25)33-13-21(26-22(32)6-5-7-23(26)33)27(38)20-8-9-24-19(12-20)10-11-39-24/h5-13,25,27-31,38H,14H2,1-4H3/t25-,27?,28-,29+,30-,31?/m1/s1/i1D,2D,3D,4D. The van der Waals surface area contributed by atoms with E-state index in [2.05, 4.69) is 0 Å². The number of furan rings is 1. The van der Waals surface area contributed by atoms with Crippen LogP contribution >= 0.6 is 11.6 Å². The molecule has 1 N–H and O–H groups in total. The molecular formula is C31H30ClNO11. The van der Waals surface area contributed by atoms with Crippen LogP contribution in [0.1, 0.15) is 56.5 Å². The molecule has 0 bridgehead atoms. The number of carbonyl (C=O) groups excluding carboxylic acids is 4. The number of fused-ring (bicyclic) bond motifs is 2. The summed E-state index contributed by atoms with van der Waals surface area (Å²) in [6, 6.07) is 11.7. The van der Waals surface area contributed by atoms with Gasteiger partial charge in [0, 0.05) is 55.6 Å². The van der Waals surface area contributed by atoms with Crippen molar-refractivity contribution in [2.45, 2.75) is 64.3 Å². The third-order valence-electron chi connectivity index (χ3n) is 7.02. The molecule has 4 aromatic rings. The minimum Gasteiger partial charge on any atom is -0.464 e. The van der Waals surface area contributed by atoms with E-state index in [-0.39, 0.29) is 5.02 Å². The van der Waals surface area contributed by atoms with Gasteiger partial charge >= 0.3 is 23.9 Å². The molecule has 0 amide bonds. The number of esters is 4. The molecule has 12 nitrogen and oxygen atoms in total. The molecule has 2 unspecified atom stereocenters. The molecule has 0 radical (unpaired) electrons. The van der Waals surface area contributed by atoms with Crippen LogP contribution in [0.5, 0.6) is 0 Å². The predicted molar refractivity (Wildman–Crippen MR) is 154 cm³/mol. The second-order valence-corrected chi connectivity index (χ2v) is 10.3. The monoisotopic (exact) mass is 631 g/mol. The Bertz CT molecular complexity index is 1810. The average molecular weight is 632 g/mol. The second-order valence-electron chi connectivity index (χ2n) is 9.86. The van der Waals surface area contributed by atoms with Gasteiger partial charge in [-0.3, -0.25) is 19.2 Å². The minimum absolute atomic E-state index is 0.237. The zero-order chi connectivity index (χ0) is 34.5. The topological polar surface area (TPSA) is 153 Å². The van der Waals surface area contributed by atoms with Gasteiger partial charge in [0.2, 0.25) is 0 Å². The van der Waals surface area contributed by atoms with E-state index in [1.54, 1.807) is 42.5 Å². The number of halogens is 1. The minimum atomic E-state index is -1.69. The highest BCUT2D eigenvalue weighted by atomic mass is 35.5. The van der Waals surface area contributed by atoms with Gasteiger partial charge < -0.3 is 37.8 Å². The lowest BCUT2D eigenvalue weighted by Crippen LogP contribution is -2.60. The number of nitrogens with zero attached hydrogens (tertiary/aromatic N) is 1. The number of ether oxygens (including phenoxy) is 5. The first-order valence-electron chi connectivity index (χ1n) is 15.9. The summed E-state index contributed by atoms with van der Waals surface area (Å²) >= 11 is 6.68. The molecule has 232 valence electrons. The van der Waals surface area contributed by atoms with Gasteiger partial charge in [0.05, 0.1) is 16.8 Å². The van der Waals surface area contributed by atoms with E-state index >= 15 is 0 Å². The Hall–Kier alpha value is -4.39. The lowest BCUT2D eigenvalue weighted by atomic mass is 9.97. The average Bonchev–Trinajstić information content (AvgIpc) is 3.73. The van der Waals surface area contributed by atoms with Crippen molar-refractivity contribution in [1.82, 2.24) is 4.57 Å². The van der Waals surface area contributed by atoms with E-state index in [4.69, 9.17) is 45.2 Å². The molecule has 0 spiro atoms. The molecule has 2 aromatic heterocycles. The summed E-state index contributed by atoms with van der Waals surface area (Å²) < 4.78 is 64.6. The van der Waals surface area contributed by atoms with Gasteiger partial charge in [-0.25, -0.2) is 0 Å². The van der Waals surface area contributed by atoms with Crippen LogP contribution in [-0.2, 0) is 42.9 Å². The first-order chi connectivity index (χ1) is 23.1. The number of aromatic nitrogens is 1. The highest BCUT2D eigenvalue weighted by Gasteiger charge is 2.53. The third-order valence-corrected chi connectivity index (χ3v) is 7.33. The van der Waals surface area contributed by atoms with E-state index in [9.17, 15) is 24.3 Å². The molecule has 1 fully saturated rings. The van der Waals surface area contributed by atoms with Gasteiger partial charge in [-0.1, -0.05) is 23.7 Å². The number of benzene rings is 2. The van der Waals surface area contributed by atoms with Crippen molar-refractivity contribution in [3.8, 4) is 0 Å². The summed E-state index contributed by atoms with van der Waals surface area (Å²) in [7, 11) is 0. The van der Waals surface area contributed by atoms with E-state index < -0.39 is 94.8 Å². The van der Waals surface area contributed by atoms with Crippen molar-refractivity contribution < 1.29 is 57.9 Å². The highest BCUT2D eigenvalue weighted by Crippen LogP contribution is 2.41. The first-order valence-corrected chi connectivity index (χ1v) is 13.5. The molecule has 0 aliphatic carbocycles. The molecule has 13 heteroatoms. The fourth-order valence-corrected chi connectivity index (χ4v) is 5.61. The lowest BCUT2D eigenvalue weighted by molar-refractivity contribution is -0.267. The molecule has 5 rings (SSSR count). The third kappa shape index (κ3) is 6.28. The number of rotatable bonds is 8.